The molecule has 1 saturated carbocycles. The zero-order valence-corrected chi connectivity index (χ0v) is 12.2. The van der Waals surface area contributed by atoms with Crippen LogP contribution in [0.15, 0.2) is 0 Å². The molecular weight excluding hydrogens is 244 g/mol. The van der Waals surface area contributed by atoms with E-state index in [1.54, 1.807) is 0 Å². The summed E-state index contributed by atoms with van der Waals surface area (Å²) in [5, 5.41) is 14.7. The minimum Gasteiger partial charge on any atom is -0.481 e. The number of aliphatic carboxylic acids is 1. The molecule has 0 spiro atoms. The molecular formula is C14H26N2O3. The Bertz CT molecular complexity index is 323. The smallest absolute Gasteiger partial charge is 0.315 e. The van der Waals surface area contributed by atoms with Crippen LogP contribution < -0.4 is 10.6 Å². The summed E-state index contributed by atoms with van der Waals surface area (Å²) in [6.07, 6.45) is 3.92. The van der Waals surface area contributed by atoms with Gasteiger partial charge < -0.3 is 15.7 Å². The summed E-state index contributed by atoms with van der Waals surface area (Å²) in [5.74, 6) is -1.06. The SMILES string of the molecule is CC(C)(C)CCNC(=O)NC1CCCC(C(=O)O)C1. The van der Waals surface area contributed by atoms with Crippen molar-refractivity contribution in [2.24, 2.45) is 11.3 Å². The monoisotopic (exact) mass is 270 g/mol. The van der Waals surface area contributed by atoms with Gasteiger partial charge in [0.25, 0.3) is 0 Å². The van der Waals surface area contributed by atoms with Gasteiger partial charge in [-0.2, -0.15) is 0 Å². The van der Waals surface area contributed by atoms with Gasteiger partial charge in [-0.1, -0.05) is 27.2 Å². The van der Waals surface area contributed by atoms with Crippen molar-refractivity contribution in [3.8, 4) is 0 Å². The van der Waals surface area contributed by atoms with Crippen LogP contribution in [0.5, 0.6) is 0 Å². The molecule has 0 aromatic rings. The summed E-state index contributed by atoms with van der Waals surface area (Å²) >= 11 is 0. The highest BCUT2D eigenvalue weighted by atomic mass is 16.4. The van der Waals surface area contributed by atoms with Gasteiger partial charge in [0.1, 0.15) is 0 Å². The van der Waals surface area contributed by atoms with Crippen LogP contribution in [0.1, 0.15) is 52.9 Å². The van der Waals surface area contributed by atoms with Gasteiger partial charge in [0, 0.05) is 12.6 Å². The quantitative estimate of drug-likeness (QED) is 0.733. The lowest BCUT2D eigenvalue weighted by Gasteiger charge is -2.27. The lowest BCUT2D eigenvalue weighted by molar-refractivity contribution is -0.143. The predicted molar refractivity (Wildman–Crippen MR) is 74.0 cm³/mol. The summed E-state index contributed by atoms with van der Waals surface area (Å²) < 4.78 is 0. The highest BCUT2D eigenvalue weighted by molar-refractivity contribution is 5.74. The maximum absolute atomic E-state index is 11.7. The second kappa shape index (κ2) is 6.78. The van der Waals surface area contributed by atoms with Gasteiger partial charge in [-0.25, -0.2) is 4.79 Å². The first-order chi connectivity index (χ1) is 8.78. The molecule has 0 heterocycles. The fraction of sp³-hybridized carbons (Fsp3) is 0.857. The van der Waals surface area contributed by atoms with Crippen LogP contribution in [0, 0.1) is 11.3 Å². The van der Waals surface area contributed by atoms with E-state index < -0.39 is 5.97 Å². The van der Waals surface area contributed by atoms with Gasteiger partial charge in [0.15, 0.2) is 0 Å². The molecule has 2 atom stereocenters. The molecule has 0 aromatic heterocycles. The number of carbonyl (C=O) groups is 2. The first-order valence-electron chi connectivity index (χ1n) is 7.05. The summed E-state index contributed by atoms with van der Waals surface area (Å²) in [5.41, 5.74) is 0.201. The van der Waals surface area contributed by atoms with Crippen molar-refractivity contribution in [3.05, 3.63) is 0 Å². The largest absolute Gasteiger partial charge is 0.481 e. The van der Waals surface area contributed by atoms with Crippen molar-refractivity contribution in [1.29, 1.82) is 0 Å². The van der Waals surface area contributed by atoms with Crippen molar-refractivity contribution >= 4 is 12.0 Å². The molecule has 5 nitrogen and oxygen atoms in total. The number of urea groups is 1. The Morgan fingerprint density at radius 2 is 1.95 bits per heavy atom. The van der Waals surface area contributed by atoms with E-state index in [-0.39, 0.29) is 23.4 Å². The summed E-state index contributed by atoms with van der Waals surface area (Å²) in [6.45, 7) is 7.03. The molecule has 110 valence electrons. The van der Waals surface area contributed by atoms with Gasteiger partial charge in [-0.05, 0) is 31.1 Å². The molecule has 2 unspecified atom stereocenters. The van der Waals surface area contributed by atoms with Crippen LogP contribution in [0.3, 0.4) is 0 Å². The Labute approximate surface area is 115 Å². The second-order valence-corrected chi connectivity index (χ2v) is 6.61. The average molecular weight is 270 g/mol. The molecule has 19 heavy (non-hydrogen) atoms. The van der Waals surface area contributed by atoms with Crippen molar-refractivity contribution in [3.63, 3.8) is 0 Å². The van der Waals surface area contributed by atoms with E-state index in [2.05, 4.69) is 31.4 Å². The van der Waals surface area contributed by atoms with E-state index in [0.717, 1.165) is 25.7 Å². The van der Waals surface area contributed by atoms with E-state index in [1.165, 1.54) is 0 Å². The van der Waals surface area contributed by atoms with E-state index in [9.17, 15) is 9.59 Å². The third-order valence-electron chi connectivity index (χ3n) is 3.52. The average Bonchev–Trinajstić information content (AvgIpc) is 2.27. The molecule has 1 aliphatic rings. The minimum absolute atomic E-state index is 0.00973. The molecule has 1 rings (SSSR count). The Morgan fingerprint density at radius 1 is 1.26 bits per heavy atom. The van der Waals surface area contributed by atoms with E-state index in [0.29, 0.717) is 13.0 Å². The Hall–Kier alpha value is -1.26. The second-order valence-electron chi connectivity index (χ2n) is 6.61. The molecule has 1 fully saturated rings. The van der Waals surface area contributed by atoms with Gasteiger partial charge in [-0.3, -0.25) is 4.79 Å². The highest BCUT2D eigenvalue weighted by Crippen LogP contribution is 2.24. The molecule has 0 bridgehead atoms. The highest BCUT2D eigenvalue weighted by Gasteiger charge is 2.27. The topological polar surface area (TPSA) is 78.4 Å². The van der Waals surface area contributed by atoms with Gasteiger partial charge in [-0.15, -0.1) is 0 Å². The number of carboxylic acids is 1. The zero-order chi connectivity index (χ0) is 14.5. The summed E-state index contributed by atoms with van der Waals surface area (Å²) in [7, 11) is 0. The molecule has 0 aromatic carbocycles. The van der Waals surface area contributed by atoms with Crippen molar-refractivity contribution in [1.82, 2.24) is 10.6 Å². The van der Waals surface area contributed by atoms with Gasteiger partial charge in [0.05, 0.1) is 5.92 Å². The lowest BCUT2D eigenvalue weighted by Crippen LogP contribution is -2.45. The first kappa shape index (κ1) is 15.8. The van der Waals surface area contributed by atoms with Crippen LogP contribution in [-0.2, 0) is 4.79 Å². The van der Waals surface area contributed by atoms with E-state index in [1.807, 2.05) is 0 Å². The van der Waals surface area contributed by atoms with Crippen LogP contribution in [0.4, 0.5) is 4.79 Å². The van der Waals surface area contributed by atoms with Crippen LogP contribution in [0.25, 0.3) is 0 Å². The maximum atomic E-state index is 11.7. The van der Waals surface area contributed by atoms with Crippen LogP contribution in [0.2, 0.25) is 0 Å². The number of carboxylic acid groups (broad SMARTS) is 1. The van der Waals surface area contributed by atoms with Crippen LogP contribution in [-0.4, -0.2) is 29.7 Å². The Balaban J connectivity index is 2.26. The molecule has 0 radical (unpaired) electrons. The molecule has 3 N–H and O–H groups in total. The Kier molecular flexibility index (Phi) is 5.63. The summed E-state index contributed by atoms with van der Waals surface area (Å²) in [6, 6.07) is -0.190. The number of hydrogen-bond donors (Lipinski definition) is 3. The van der Waals surface area contributed by atoms with E-state index >= 15 is 0 Å². The zero-order valence-electron chi connectivity index (χ0n) is 12.2. The molecule has 0 aliphatic heterocycles. The Morgan fingerprint density at radius 3 is 2.53 bits per heavy atom. The van der Waals surface area contributed by atoms with Crippen molar-refractivity contribution in [2.45, 2.75) is 58.9 Å². The minimum atomic E-state index is -0.750. The number of hydrogen-bond acceptors (Lipinski definition) is 2. The number of rotatable bonds is 4. The number of amides is 2. The van der Waals surface area contributed by atoms with Crippen molar-refractivity contribution in [2.75, 3.05) is 6.54 Å². The molecule has 2 amide bonds. The molecule has 0 saturated heterocycles. The fourth-order valence-electron chi connectivity index (χ4n) is 2.33. The van der Waals surface area contributed by atoms with E-state index in [4.69, 9.17) is 5.11 Å². The number of nitrogens with one attached hydrogen (secondary N) is 2. The maximum Gasteiger partial charge on any atom is 0.315 e. The fourth-order valence-corrected chi connectivity index (χ4v) is 2.33. The molecule has 1 aliphatic carbocycles. The van der Waals surface area contributed by atoms with Crippen molar-refractivity contribution < 1.29 is 14.7 Å². The van der Waals surface area contributed by atoms with Crippen LogP contribution >= 0.6 is 0 Å². The summed E-state index contributed by atoms with van der Waals surface area (Å²) in [4.78, 5) is 22.6. The molecule has 5 heteroatoms. The normalized spacial score (nSPS) is 23.7. The number of carbonyl (C=O) groups excluding carboxylic acids is 1. The standard InChI is InChI=1S/C14H26N2O3/c1-14(2,3)7-8-15-13(19)16-11-6-4-5-10(9-11)12(17)18/h10-11H,4-9H2,1-3H3,(H,17,18)(H2,15,16,19). The third-order valence-corrected chi connectivity index (χ3v) is 3.52. The first-order valence-corrected chi connectivity index (χ1v) is 7.05. The van der Waals surface area contributed by atoms with Gasteiger partial charge >= 0.3 is 12.0 Å². The predicted octanol–water partition coefficient (Wildman–Crippen LogP) is 2.37. The third kappa shape index (κ3) is 6.45. The lowest BCUT2D eigenvalue weighted by atomic mass is 9.86. The van der Waals surface area contributed by atoms with Gasteiger partial charge in [0.2, 0.25) is 0 Å².